The summed E-state index contributed by atoms with van der Waals surface area (Å²) in [6, 6.07) is 0. The van der Waals surface area contributed by atoms with E-state index < -0.39 is 0 Å². The molecule has 1 rings (SSSR count). The zero-order valence-corrected chi connectivity index (χ0v) is 12.8. The van der Waals surface area contributed by atoms with Crippen LogP contribution in [0.2, 0.25) is 0 Å². The lowest BCUT2D eigenvalue weighted by atomic mass is 9.72. The lowest BCUT2D eigenvalue weighted by molar-refractivity contribution is 0.0929. The van der Waals surface area contributed by atoms with Gasteiger partial charge in [-0.3, -0.25) is 4.90 Å². The van der Waals surface area contributed by atoms with E-state index in [-0.39, 0.29) is 0 Å². The first-order chi connectivity index (χ1) is 9.26. The largest absolute Gasteiger partial charge is 0.383 e. The predicted octanol–water partition coefficient (Wildman–Crippen LogP) is 1.88. The highest BCUT2D eigenvalue weighted by Crippen LogP contribution is 2.38. The first kappa shape index (κ1) is 16.9. The van der Waals surface area contributed by atoms with Gasteiger partial charge in [0, 0.05) is 27.3 Å². The predicted molar refractivity (Wildman–Crippen MR) is 79.4 cm³/mol. The van der Waals surface area contributed by atoms with Gasteiger partial charge in [-0.1, -0.05) is 19.3 Å². The van der Waals surface area contributed by atoms with Crippen molar-refractivity contribution in [1.29, 1.82) is 0 Å². The van der Waals surface area contributed by atoms with Crippen LogP contribution in [0.3, 0.4) is 0 Å². The average molecular weight is 272 g/mol. The van der Waals surface area contributed by atoms with Gasteiger partial charge in [-0.2, -0.15) is 0 Å². The molecule has 1 saturated carbocycles. The van der Waals surface area contributed by atoms with Crippen LogP contribution in [0.4, 0.5) is 0 Å². The van der Waals surface area contributed by atoms with Crippen LogP contribution in [-0.4, -0.2) is 58.5 Å². The molecule has 1 aliphatic rings. The minimum absolute atomic E-state index is 0.399. The summed E-state index contributed by atoms with van der Waals surface area (Å²) < 4.78 is 10.4. The molecule has 0 radical (unpaired) electrons. The highest BCUT2D eigenvalue weighted by atomic mass is 16.5. The standard InChI is InChI=1S/C15H32N2O2/c1-18-12-10-17(11-13-19-2)9-8-15(14-16)6-4-3-5-7-15/h3-14,16H2,1-2H3. The summed E-state index contributed by atoms with van der Waals surface area (Å²) in [6.45, 7) is 5.51. The maximum atomic E-state index is 6.06. The van der Waals surface area contributed by atoms with E-state index in [2.05, 4.69) is 4.90 Å². The Hall–Kier alpha value is -0.160. The molecule has 0 spiro atoms. The number of hydrogen-bond acceptors (Lipinski definition) is 4. The molecule has 0 aromatic carbocycles. The lowest BCUT2D eigenvalue weighted by Crippen LogP contribution is -2.39. The lowest BCUT2D eigenvalue weighted by Gasteiger charge is -2.38. The minimum Gasteiger partial charge on any atom is -0.383 e. The fraction of sp³-hybridized carbons (Fsp3) is 1.00. The van der Waals surface area contributed by atoms with Gasteiger partial charge in [0.1, 0.15) is 0 Å². The summed E-state index contributed by atoms with van der Waals surface area (Å²) in [4.78, 5) is 2.44. The molecule has 19 heavy (non-hydrogen) atoms. The molecule has 0 heterocycles. The van der Waals surface area contributed by atoms with Crippen molar-refractivity contribution < 1.29 is 9.47 Å². The van der Waals surface area contributed by atoms with E-state index in [0.717, 1.165) is 39.4 Å². The van der Waals surface area contributed by atoms with Crippen molar-refractivity contribution in [3.63, 3.8) is 0 Å². The summed E-state index contributed by atoms with van der Waals surface area (Å²) >= 11 is 0. The van der Waals surface area contributed by atoms with E-state index in [1.807, 2.05) is 0 Å². The van der Waals surface area contributed by atoms with E-state index in [1.165, 1.54) is 38.5 Å². The van der Waals surface area contributed by atoms with Gasteiger partial charge in [-0.05, 0) is 37.8 Å². The molecule has 0 bridgehead atoms. The normalized spacial score (nSPS) is 18.9. The maximum absolute atomic E-state index is 6.06. The van der Waals surface area contributed by atoms with Gasteiger partial charge in [0.2, 0.25) is 0 Å². The molecule has 0 unspecified atom stereocenters. The molecular formula is C15H32N2O2. The Kier molecular flexibility index (Phi) is 8.62. The summed E-state index contributed by atoms with van der Waals surface area (Å²) in [5, 5.41) is 0. The Bertz CT molecular complexity index is 210. The molecule has 0 saturated heterocycles. The Labute approximate surface area is 118 Å². The van der Waals surface area contributed by atoms with E-state index in [9.17, 15) is 0 Å². The Balaban J connectivity index is 2.38. The SMILES string of the molecule is COCCN(CCOC)CCC1(CN)CCCCC1. The fourth-order valence-electron chi connectivity index (χ4n) is 3.03. The van der Waals surface area contributed by atoms with Gasteiger partial charge in [0.15, 0.2) is 0 Å². The number of nitrogens with zero attached hydrogens (tertiary/aromatic N) is 1. The van der Waals surface area contributed by atoms with E-state index in [4.69, 9.17) is 15.2 Å². The van der Waals surface area contributed by atoms with Crippen molar-refractivity contribution in [3.8, 4) is 0 Å². The molecular weight excluding hydrogens is 240 g/mol. The van der Waals surface area contributed by atoms with Gasteiger partial charge in [0.25, 0.3) is 0 Å². The van der Waals surface area contributed by atoms with Crippen LogP contribution in [0, 0.1) is 5.41 Å². The Morgan fingerprint density at radius 3 is 2.00 bits per heavy atom. The van der Waals surface area contributed by atoms with Gasteiger partial charge < -0.3 is 15.2 Å². The van der Waals surface area contributed by atoms with Crippen LogP contribution < -0.4 is 5.73 Å². The van der Waals surface area contributed by atoms with Crippen LogP contribution in [0.1, 0.15) is 38.5 Å². The molecule has 1 aliphatic carbocycles. The third kappa shape index (κ3) is 6.21. The van der Waals surface area contributed by atoms with Crippen LogP contribution >= 0.6 is 0 Å². The highest BCUT2D eigenvalue weighted by molar-refractivity contribution is 4.84. The first-order valence-corrected chi connectivity index (χ1v) is 7.66. The van der Waals surface area contributed by atoms with Crippen LogP contribution in [0.5, 0.6) is 0 Å². The van der Waals surface area contributed by atoms with Gasteiger partial charge >= 0.3 is 0 Å². The summed E-state index contributed by atoms with van der Waals surface area (Å²) in [7, 11) is 3.52. The molecule has 0 aromatic heterocycles. The third-order valence-corrected chi connectivity index (χ3v) is 4.53. The van der Waals surface area contributed by atoms with E-state index >= 15 is 0 Å². The van der Waals surface area contributed by atoms with E-state index in [0.29, 0.717) is 5.41 Å². The molecule has 0 aromatic rings. The number of ether oxygens (including phenoxy) is 2. The zero-order chi connectivity index (χ0) is 14.0. The second-order valence-corrected chi connectivity index (χ2v) is 5.84. The fourth-order valence-corrected chi connectivity index (χ4v) is 3.03. The molecule has 0 amide bonds. The van der Waals surface area contributed by atoms with Crippen molar-refractivity contribution in [3.05, 3.63) is 0 Å². The quantitative estimate of drug-likeness (QED) is 0.659. The zero-order valence-electron chi connectivity index (χ0n) is 12.8. The topological polar surface area (TPSA) is 47.7 Å². The monoisotopic (exact) mass is 272 g/mol. The molecule has 1 fully saturated rings. The Morgan fingerprint density at radius 1 is 0.947 bits per heavy atom. The molecule has 114 valence electrons. The average Bonchev–Trinajstić information content (AvgIpc) is 2.47. The highest BCUT2D eigenvalue weighted by Gasteiger charge is 2.30. The van der Waals surface area contributed by atoms with Crippen LogP contribution in [-0.2, 0) is 9.47 Å². The molecule has 2 N–H and O–H groups in total. The summed E-state index contributed by atoms with van der Waals surface area (Å²) in [5.41, 5.74) is 6.46. The summed E-state index contributed by atoms with van der Waals surface area (Å²) in [6.07, 6.45) is 7.94. The number of methoxy groups -OCH3 is 2. The second kappa shape index (κ2) is 9.70. The smallest absolute Gasteiger partial charge is 0.0589 e. The van der Waals surface area contributed by atoms with E-state index in [1.54, 1.807) is 14.2 Å². The van der Waals surface area contributed by atoms with Crippen molar-refractivity contribution in [2.24, 2.45) is 11.1 Å². The number of hydrogen-bond donors (Lipinski definition) is 1. The second-order valence-electron chi connectivity index (χ2n) is 5.84. The van der Waals surface area contributed by atoms with Crippen molar-refractivity contribution in [2.75, 3.05) is 53.6 Å². The molecule has 0 atom stereocenters. The molecule has 4 heteroatoms. The Morgan fingerprint density at radius 2 is 1.53 bits per heavy atom. The maximum Gasteiger partial charge on any atom is 0.0589 e. The van der Waals surface area contributed by atoms with Crippen LogP contribution in [0.25, 0.3) is 0 Å². The van der Waals surface area contributed by atoms with Crippen molar-refractivity contribution in [1.82, 2.24) is 4.90 Å². The summed E-state index contributed by atoms with van der Waals surface area (Å²) in [5.74, 6) is 0. The third-order valence-electron chi connectivity index (χ3n) is 4.53. The van der Waals surface area contributed by atoms with Crippen molar-refractivity contribution in [2.45, 2.75) is 38.5 Å². The molecule has 4 nitrogen and oxygen atoms in total. The minimum atomic E-state index is 0.399. The first-order valence-electron chi connectivity index (χ1n) is 7.66. The van der Waals surface area contributed by atoms with Gasteiger partial charge in [-0.15, -0.1) is 0 Å². The van der Waals surface area contributed by atoms with Gasteiger partial charge in [0.05, 0.1) is 13.2 Å². The van der Waals surface area contributed by atoms with Crippen LogP contribution in [0.15, 0.2) is 0 Å². The van der Waals surface area contributed by atoms with Crippen molar-refractivity contribution >= 4 is 0 Å². The number of rotatable bonds is 10. The van der Waals surface area contributed by atoms with Gasteiger partial charge in [-0.25, -0.2) is 0 Å². The number of nitrogens with two attached hydrogens (primary N) is 1. The molecule has 0 aliphatic heterocycles.